The van der Waals surface area contributed by atoms with Gasteiger partial charge in [-0.25, -0.2) is 0 Å². The Morgan fingerprint density at radius 3 is 2.16 bits per heavy atom. The van der Waals surface area contributed by atoms with E-state index in [4.69, 9.17) is 9.26 Å². The zero-order valence-corrected chi connectivity index (χ0v) is 12.4. The highest BCUT2D eigenvalue weighted by atomic mass is 31.1. The Balaban J connectivity index is 2.43. The number of methoxy groups -OCH3 is 1. The molecular weight excluding hydrogens is 255 g/mol. The van der Waals surface area contributed by atoms with Crippen LogP contribution in [0.3, 0.4) is 0 Å². The van der Waals surface area contributed by atoms with E-state index in [-0.39, 0.29) is 6.10 Å². The van der Waals surface area contributed by atoms with Crippen LogP contribution in [0.25, 0.3) is 0 Å². The summed E-state index contributed by atoms with van der Waals surface area (Å²) >= 11 is 0. The van der Waals surface area contributed by atoms with Crippen LogP contribution in [0.5, 0.6) is 5.75 Å². The van der Waals surface area contributed by atoms with Gasteiger partial charge >= 0.3 is 0 Å². The summed E-state index contributed by atoms with van der Waals surface area (Å²) in [6.45, 7) is 4.13. The van der Waals surface area contributed by atoms with Gasteiger partial charge in [-0.3, -0.25) is 0 Å². The summed E-state index contributed by atoms with van der Waals surface area (Å²) in [7, 11) is 0.859. The summed E-state index contributed by atoms with van der Waals surface area (Å²) in [5.74, 6) is 0.887. The Hall–Kier alpha value is -1.37. The Bertz CT molecular complexity index is 511. The first-order chi connectivity index (χ1) is 9.22. The molecule has 0 aromatic heterocycles. The lowest BCUT2D eigenvalue weighted by molar-refractivity contribution is 0.277. The normalized spacial score (nSPS) is 12.4. The molecule has 19 heavy (non-hydrogen) atoms. The van der Waals surface area contributed by atoms with Crippen molar-refractivity contribution in [3.8, 4) is 5.75 Å². The molecule has 100 valence electrons. The zero-order chi connectivity index (χ0) is 13.7. The number of rotatable bonds is 5. The molecule has 2 aromatic carbocycles. The van der Waals surface area contributed by atoms with E-state index in [2.05, 4.69) is 32.0 Å². The average molecular weight is 274 g/mol. The van der Waals surface area contributed by atoms with Crippen LogP contribution >= 0.6 is 8.15 Å². The molecule has 2 aromatic rings. The maximum atomic E-state index is 6.15. The van der Waals surface area contributed by atoms with Crippen molar-refractivity contribution >= 4 is 18.8 Å². The third-order valence-corrected chi connectivity index (χ3v) is 4.82. The van der Waals surface area contributed by atoms with Gasteiger partial charge < -0.3 is 9.26 Å². The predicted octanol–water partition coefficient (Wildman–Crippen LogP) is 3.47. The largest absolute Gasteiger partial charge is 0.496 e. The maximum absolute atomic E-state index is 6.15. The van der Waals surface area contributed by atoms with Gasteiger partial charge in [-0.15, -0.1) is 0 Å². The van der Waals surface area contributed by atoms with E-state index in [0.717, 1.165) is 11.1 Å². The van der Waals surface area contributed by atoms with Gasteiger partial charge in [-0.1, -0.05) is 42.5 Å². The average Bonchev–Trinajstić information content (AvgIpc) is 2.45. The van der Waals surface area contributed by atoms with Crippen molar-refractivity contribution in [2.45, 2.75) is 20.0 Å². The summed E-state index contributed by atoms with van der Waals surface area (Å²) in [5.41, 5.74) is 0. The van der Waals surface area contributed by atoms with Crippen LogP contribution in [-0.2, 0) is 4.52 Å². The molecule has 0 fully saturated rings. The number of hydrogen-bond acceptors (Lipinski definition) is 2. The second-order valence-corrected chi connectivity index (χ2v) is 6.25. The topological polar surface area (TPSA) is 18.5 Å². The minimum Gasteiger partial charge on any atom is -0.496 e. The lowest BCUT2D eigenvalue weighted by Crippen LogP contribution is -2.18. The molecule has 0 N–H and O–H groups in total. The molecule has 1 unspecified atom stereocenters. The van der Waals surface area contributed by atoms with Gasteiger partial charge in [-0.05, 0) is 26.0 Å². The molecule has 2 nitrogen and oxygen atoms in total. The van der Waals surface area contributed by atoms with Crippen molar-refractivity contribution in [3.05, 3.63) is 54.6 Å². The van der Waals surface area contributed by atoms with Crippen molar-refractivity contribution in [2.75, 3.05) is 7.11 Å². The van der Waals surface area contributed by atoms with Gasteiger partial charge in [0.1, 0.15) is 5.75 Å². The number of hydrogen-bond donors (Lipinski definition) is 0. The minimum absolute atomic E-state index is 0.177. The molecule has 1 atom stereocenters. The molecule has 0 aliphatic heterocycles. The van der Waals surface area contributed by atoms with Gasteiger partial charge in [0.25, 0.3) is 0 Å². The number of para-hydroxylation sites is 1. The molecule has 0 heterocycles. The van der Waals surface area contributed by atoms with E-state index in [9.17, 15) is 0 Å². The number of ether oxygens (including phenoxy) is 1. The molecule has 0 amide bonds. The SMILES string of the molecule is COc1ccccc1P(OC(C)C)c1ccccc1. The van der Waals surface area contributed by atoms with Crippen molar-refractivity contribution in [3.63, 3.8) is 0 Å². The molecule has 0 saturated carbocycles. The summed E-state index contributed by atoms with van der Waals surface area (Å²) in [4.78, 5) is 0. The van der Waals surface area contributed by atoms with Gasteiger partial charge in [-0.2, -0.15) is 0 Å². The highest BCUT2D eigenvalue weighted by molar-refractivity contribution is 7.68. The molecule has 2 rings (SSSR count). The first-order valence-corrected chi connectivity index (χ1v) is 7.63. The highest BCUT2D eigenvalue weighted by Gasteiger charge is 2.20. The summed E-state index contributed by atoms with van der Waals surface area (Å²) < 4.78 is 11.6. The van der Waals surface area contributed by atoms with Crippen LogP contribution in [0.2, 0.25) is 0 Å². The summed E-state index contributed by atoms with van der Waals surface area (Å²) in [5, 5.41) is 2.33. The van der Waals surface area contributed by atoms with E-state index in [1.807, 2.05) is 36.4 Å². The van der Waals surface area contributed by atoms with Crippen LogP contribution in [0.4, 0.5) is 0 Å². The van der Waals surface area contributed by atoms with E-state index in [0.29, 0.717) is 0 Å². The Morgan fingerprint density at radius 1 is 0.895 bits per heavy atom. The molecular formula is C16H19O2P. The van der Waals surface area contributed by atoms with Gasteiger partial charge in [0.15, 0.2) is 0 Å². The van der Waals surface area contributed by atoms with E-state index < -0.39 is 8.15 Å². The second-order valence-electron chi connectivity index (χ2n) is 4.46. The van der Waals surface area contributed by atoms with Crippen LogP contribution in [0, 0.1) is 0 Å². The van der Waals surface area contributed by atoms with E-state index in [1.165, 1.54) is 5.30 Å². The molecule has 3 heteroatoms. The molecule has 0 aliphatic rings. The predicted molar refractivity (Wildman–Crippen MR) is 81.8 cm³/mol. The number of benzene rings is 2. The minimum atomic E-state index is -0.842. The first-order valence-electron chi connectivity index (χ1n) is 6.37. The van der Waals surface area contributed by atoms with Crippen molar-refractivity contribution in [1.82, 2.24) is 0 Å². The fourth-order valence-electron chi connectivity index (χ4n) is 1.83. The van der Waals surface area contributed by atoms with Crippen molar-refractivity contribution in [2.24, 2.45) is 0 Å². The Morgan fingerprint density at radius 2 is 1.53 bits per heavy atom. The van der Waals surface area contributed by atoms with Crippen molar-refractivity contribution < 1.29 is 9.26 Å². The second kappa shape index (κ2) is 6.70. The molecule has 0 saturated heterocycles. The first kappa shape index (κ1) is 14.0. The third-order valence-electron chi connectivity index (χ3n) is 2.61. The molecule has 0 bridgehead atoms. The fraction of sp³-hybridized carbons (Fsp3) is 0.250. The van der Waals surface area contributed by atoms with Crippen LogP contribution in [0.1, 0.15) is 13.8 Å². The van der Waals surface area contributed by atoms with Gasteiger partial charge in [0.2, 0.25) is 0 Å². The van der Waals surface area contributed by atoms with Crippen molar-refractivity contribution in [1.29, 1.82) is 0 Å². The summed E-state index contributed by atoms with van der Waals surface area (Å²) in [6.07, 6.45) is 0.177. The Kier molecular flexibility index (Phi) is 4.95. The molecule has 0 aliphatic carbocycles. The maximum Gasteiger partial charge on any atom is 0.129 e. The standard InChI is InChI=1S/C16H19O2P/c1-13(2)18-19(14-9-5-4-6-10-14)16-12-8-7-11-15(16)17-3/h4-13H,1-3H3. The van der Waals surface area contributed by atoms with E-state index >= 15 is 0 Å². The lowest BCUT2D eigenvalue weighted by atomic mass is 10.3. The fourth-order valence-corrected chi connectivity index (χ4v) is 3.79. The monoisotopic (exact) mass is 274 g/mol. The van der Waals surface area contributed by atoms with Gasteiger partial charge in [0, 0.05) is 10.6 Å². The third kappa shape index (κ3) is 3.56. The van der Waals surface area contributed by atoms with Gasteiger partial charge in [0.05, 0.1) is 21.4 Å². The quantitative estimate of drug-likeness (QED) is 0.777. The lowest BCUT2D eigenvalue weighted by Gasteiger charge is -2.22. The Labute approximate surface area is 116 Å². The van der Waals surface area contributed by atoms with Crippen LogP contribution in [0.15, 0.2) is 54.6 Å². The molecule has 0 spiro atoms. The van der Waals surface area contributed by atoms with E-state index in [1.54, 1.807) is 7.11 Å². The van der Waals surface area contributed by atoms with Crippen LogP contribution < -0.4 is 15.3 Å². The zero-order valence-electron chi connectivity index (χ0n) is 11.5. The highest BCUT2D eigenvalue weighted by Crippen LogP contribution is 2.39. The summed E-state index contributed by atoms with van der Waals surface area (Å²) in [6, 6.07) is 18.4. The van der Waals surface area contributed by atoms with Crippen LogP contribution in [-0.4, -0.2) is 13.2 Å². The molecule has 0 radical (unpaired) electrons. The smallest absolute Gasteiger partial charge is 0.129 e.